The first-order chi connectivity index (χ1) is 10.4. The summed E-state index contributed by atoms with van der Waals surface area (Å²) in [4.78, 5) is 26.1. The van der Waals surface area contributed by atoms with Gasteiger partial charge in [0, 0.05) is 14.8 Å². The fourth-order valence-corrected chi connectivity index (χ4v) is 3.04. The number of hydrogen-bond donors (Lipinski definition) is 2. The Morgan fingerprint density at radius 1 is 1.09 bits per heavy atom. The topological polar surface area (TPSA) is 67.4 Å². The van der Waals surface area contributed by atoms with Crippen LogP contribution in [-0.2, 0) is 0 Å². The summed E-state index contributed by atoms with van der Waals surface area (Å²) in [5.74, 6) is -0.503. The van der Waals surface area contributed by atoms with Gasteiger partial charge in [-0.05, 0) is 38.1 Å². The van der Waals surface area contributed by atoms with Gasteiger partial charge in [0.1, 0.15) is 5.75 Å². The highest BCUT2D eigenvalue weighted by Gasteiger charge is 2.16. The van der Waals surface area contributed by atoms with Crippen LogP contribution >= 0.6 is 22.9 Å². The van der Waals surface area contributed by atoms with Crippen LogP contribution in [-0.4, -0.2) is 18.9 Å². The van der Waals surface area contributed by atoms with Crippen molar-refractivity contribution in [1.82, 2.24) is 10.9 Å². The molecule has 2 amide bonds. The van der Waals surface area contributed by atoms with Gasteiger partial charge in [-0.25, -0.2) is 0 Å². The quantitative estimate of drug-likeness (QED) is 0.845. The number of hydrazine groups is 1. The largest absolute Gasteiger partial charge is 0.496 e. The molecule has 5 nitrogen and oxygen atoms in total. The molecule has 7 heteroatoms. The number of aryl methyl sites for hydroxylation is 2. The summed E-state index contributed by atoms with van der Waals surface area (Å²) in [6, 6.07) is 6.42. The van der Waals surface area contributed by atoms with Crippen molar-refractivity contribution in [2.75, 3.05) is 7.11 Å². The van der Waals surface area contributed by atoms with E-state index in [0.717, 1.165) is 9.75 Å². The van der Waals surface area contributed by atoms with E-state index in [4.69, 9.17) is 16.3 Å². The molecule has 22 heavy (non-hydrogen) atoms. The molecule has 1 heterocycles. The lowest BCUT2D eigenvalue weighted by Crippen LogP contribution is -2.41. The molecular formula is C15H15ClN2O3S. The molecule has 0 bridgehead atoms. The predicted octanol–water partition coefficient (Wildman–Crippen LogP) is 3.10. The Balaban J connectivity index is 2.07. The minimum Gasteiger partial charge on any atom is -0.496 e. The minimum absolute atomic E-state index is 0.283. The van der Waals surface area contributed by atoms with Gasteiger partial charge >= 0.3 is 0 Å². The second kappa shape index (κ2) is 6.81. The highest BCUT2D eigenvalue weighted by molar-refractivity contribution is 7.12. The molecule has 0 fully saturated rings. The first kappa shape index (κ1) is 16.3. The molecule has 0 radical (unpaired) electrons. The smallest absolute Gasteiger partial charge is 0.273 e. The Kier molecular flexibility index (Phi) is 5.05. The number of hydrogen-bond acceptors (Lipinski definition) is 4. The normalized spacial score (nSPS) is 10.2. The number of methoxy groups -OCH3 is 1. The van der Waals surface area contributed by atoms with Crippen molar-refractivity contribution in [3.63, 3.8) is 0 Å². The molecule has 2 rings (SSSR count). The molecule has 0 atom stereocenters. The van der Waals surface area contributed by atoms with E-state index < -0.39 is 5.91 Å². The first-order valence-electron chi connectivity index (χ1n) is 6.43. The number of carbonyl (C=O) groups is 2. The van der Waals surface area contributed by atoms with Crippen LogP contribution in [0.2, 0.25) is 5.02 Å². The fraction of sp³-hybridized carbons (Fsp3) is 0.200. The fourth-order valence-electron chi connectivity index (χ4n) is 1.96. The van der Waals surface area contributed by atoms with E-state index in [9.17, 15) is 9.59 Å². The third kappa shape index (κ3) is 3.58. The van der Waals surface area contributed by atoms with Gasteiger partial charge < -0.3 is 4.74 Å². The Morgan fingerprint density at radius 2 is 1.73 bits per heavy atom. The summed E-state index contributed by atoms with van der Waals surface area (Å²) in [7, 11) is 1.44. The zero-order chi connectivity index (χ0) is 16.3. The number of nitrogens with one attached hydrogen (secondary N) is 2. The number of benzene rings is 1. The van der Waals surface area contributed by atoms with E-state index in [1.54, 1.807) is 12.1 Å². The molecule has 0 aliphatic carbocycles. The molecule has 0 aliphatic heterocycles. The second-order valence-corrected chi connectivity index (χ2v) is 6.48. The molecule has 1 aromatic heterocycles. The first-order valence-corrected chi connectivity index (χ1v) is 7.63. The number of rotatable bonds is 3. The van der Waals surface area contributed by atoms with E-state index in [1.165, 1.54) is 30.6 Å². The van der Waals surface area contributed by atoms with Crippen LogP contribution in [0.15, 0.2) is 24.3 Å². The van der Waals surface area contributed by atoms with E-state index >= 15 is 0 Å². The zero-order valence-electron chi connectivity index (χ0n) is 12.3. The van der Waals surface area contributed by atoms with Crippen LogP contribution in [0.5, 0.6) is 5.75 Å². The molecule has 116 valence electrons. The molecule has 2 N–H and O–H groups in total. The maximum Gasteiger partial charge on any atom is 0.273 e. The summed E-state index contributed by atoms with van der Waals surface area (Å²) in [5, 5.41) is 0.460. The lowest BCUT2D eigenvalue weighted by molar-refractivity contribution is 0.0845. The van der Waals surface area contributed by atoms with Crippen molar-refractivity contribution in [3.8, 4) is 5.75 Å². The van der Waals surface area contributed by atoms with Crippen molar-refractivity contribution in [2.24, 2.45) is 0 Å². The summed E-state index contributed by atoms with van der Waals surface area (Å²) in [5.41, 5.74) is 5.60. The second-order valence-electron chi connectivity index (χ2n) is 4.58. The molecule has 0 spiro atoms. The minimum atomic E-state index is -0.480. The molecule has 0 saturated heterocycles. The van der Waals surface area contributed by atoms with Gasteiger partial charge in [-0.3, -0.25) is 20.4 Å². The molecular weight excluding hydrogens is 324 g/mol. The van der Waals surface area contributed by atoms with Gasteiger partial charge in [0.25, 0.3) is 11.8 Å². The summed E-state index contributed by atoms with van der Waals surface area (Å²) < 4.78 is 5.10. The van der Waals surface area contributed by atoms with Crippen molar-refractivity contribution < 1.29 is 14.3 Å². The molecule has 0 saturated carbocycles. The Bertz CT molecular complexity index is 728. The number of carbonyl (C=O) groups excluding carboxylic acids is 2. The van der Waals surface area contributed by atoms with Crippen LogP contribution in [0.1, 0.15) is 30.5 Å². The van der Waals surface area contributed by atoms with E-state index in [0.29, 0.717) is 16.3 Å². The van der Waals surface area contributed by atoms with Crippen molar-refractivity contribution in [2.45, 2.75) is 13.8 Å². The molecule has 1 aromatic carbocycles. The van der Waals surface area contributed by atoms with Crippen molar-refractivity contribution >= 4 is 34.8 Å². The Morgan fingerprint density at radius 3 is 2.27 bits per heavy atom. The van der Waals surface area contributed by atoms with Crippen LogP contribution < -0.4 is 15.6 Å². The average Bonchev–Trinajstić information content (AvgIpc) is 2.83. The highest BCUT2D eigenvalue weighted by atomic mass is 35.5. The summed E-state index contributed by atoms with van der Waals surface area (Å²) in [6.45, 7) is 3.78. The number of amides is 2. The van der Waals surface area contributed by atoms with Gasteiger partial charge in [0.15, 0.2) is 0 Å². The maximum atomic E-state index is 12.1. The maximum absolute atomic E-state index is 12.1. The SMILES string of the molecule is COc1cc(Cl)ccc1C(=O)NNC(=O)c1cc(C)sc1C. The molecule has 0 aliphatic rings. The zero-order valence-corrected chi connectivity index (χ0v) is 13.9. The van der Waals surface area contributed by atoms with Gasteiger partial charge in [0.05, 0.1) is 18.2 Å². The number of thiophene rings is 1. The molecule has 2 aromatic rings. The van der Waals surface area contributed by atoms with Crippen molar-refractivity contribution in [1.29, 1.82) is 0 Å². The lowest BCUT2D eigenvalue weighted by atomic mass is 10.2. The summed E-state index contributed by atoms with van der Waals surface area (Å²) in [6.07, 6.45) is 0. The van der Waals surface area contributed by atoms with Gasteiger partial charge in [-0.15, -0.1) is 11.3 Å². The van der Waals surface area contributed by atoms with Crippen LogP contribution in [0.3, 0.4) is 0 Å². The third-order valence-corrected chi connectivity index (χ3v) is 4.18. The van der Waals surface area contributed by atoms with Crippen LogP contribution in [0.4, 0.5) is 0 Å². The van der Waals surface area contributed by atoms with Crippen LogP contribution in [0.25, 0.3) is 0 Å². The molecule has 0 unspecified atom stereocenters. The average molecular weight is 339 g/mol. The van der Waals surface area contributed by atoms with E-state index in [1.807, 2.05) is 13.8 Å². The Labute approximate surface area is 137 Å². The monoisotopic (exact) mass is 338 g/mol. The highest BCUT2D eigenvalue weighted by Crippen LogP contribution is 2.23. The third-order valence-electron chi connectivity index (χ3n) is 2.98. The summed E-state index contributed by atoms with van der Waals surface area (Å²) >= 11 is 7.37. The Hall–Kier alpha value is -2.05. The number of halogens is 1. The number of ether oxygens (including phenoxy) is 1. The van der Waals surface area contributed by atoms with Crippen molar-refractivity contribution in [3.05, 3.63) is 50.2 Å². The van der Waals surface area contributed by atoms with Gasteiger partial charge in [0.2, 0.25) is 0 Å². The van der Waals surface area contributed by atoms with Crippen LogP contribution in [0, 0.1) is 13.8 Å². The predicted molar refractivity (Wildman–Crippen MR) is 86.7 cm³/mol. The van der Waals surface area contributed by atoms with E-state index in [2.05, 4.69) is 10.9 Å². The lowest BCUT2D eigenvalue weighted by Gasteiger charge is -2.10. The van der Waals surface area contributed by atoms with Gasteiger partial charge in [-0.1, -0.05) is 11.6 Å². The van der Waals surface area contributed by atoms with Gasteiger partial charge in [-0.2, -0.15) is 0 Å². The van der Waals surface area contributed by atoms with E-state index in [-0.39, 0.29) is 11.5 Å². The standard InChI is InChI=1S/C15H15ClN2O3S/c1-8-6-12(9(2)22-8)15(20)18-17-14(19)11-5-4-10(16)7-13(11)21-3/h4-7H,1-3H3,(H,17,19)(H,18,20).